The van der Waals surface area contributed by atoms with Crippen molar-refractivity contribution in [2.75, 3.05) is 38.1 Å². The van der Waals surface area contributed by atoms with Gasteiger partial charge in [0, 0.05) is 18.8 Å². The highest BCUT2D eigenvalue weighted by molar-refractivity contribution is 5.46. The predicted molar refractivity (Wildman–Crippen MR) is 90.5 cm³/mol. The van der Waals surface area contributed by atoms with Gasteiger partial charge in [0.15, 0.2) is 0 Å². The third-order valence-electron chi connectivity index (χ3n) is 3.86. The average Bonchev–Trinajstić information content (AvgIpc) is 3.05. The molecular formula is C18H31FN2. The van der Waals surface area contributed by atoms with Crippen LogP contribution in [0.5, 0.6) is 0 Å². The van der Waals surface area contributed by atoms with E-state index in [4.69, 9.17) is 0 Å². The Morgan fingerprint density at radius 3 is 1.90 bits per heavy atom. The molecule has 2 saturated heterocycles. The maximum atomic E-state index is 12.8. The summed E-state index contributed by atoms with van der Waals surface area (Å²) in [7, 11) is 2.19. The standard InChI is InChI=1S/C10H12FN.C6H13N.C2H6/c11-9-4-3-5-10(8-9)12-6-1-2-7-12;1-7-5-3-2-4-6-7;1-2/h3-5,8H,1-2,6-7H2;2-6H2,1H3;1-2H3. The molecule has 2 heterocycles. The molecule has 0 aliphatic carbocycles. The molecule has 3 rings (SSSR count). The van der Waals surface area contributed by atoms with Crippen molar-refractivity contribution in [1.29, 1.82) is 0 Å². The summed E-state index contributed by atoms with van der Waals surface area (Å²) >= 11 is 0. The first-order valence-corrected chi connectivity index (χ1v) is 8.45. The molecule has 2 aliphatic rings. The first-order chi connectivity index (χ1) is 10.3. The first kappa shape index (κ1) is 18.0. The lowest BCUT2D eigenvalue weighted by Gasteiger charge is -2.20. The molecule has 0 bridgehead atoms. The van der Waals surface area contributed by atoms with Crippen LogP contribution < -0.4 is 4.90 Å². The van der Waals surface area contributed by atoms with E-state index < -0.39 is 0 Å². The maximum Gasteiger partial charge on any atom is 0.125 e. The SMILES string of the molecule is CC.CN1CCCCC1.Fc1cccc(N2CCCC2)c1. The van der Waals surface area contributed by atoms with Gasteiger partial charge in [-0.1, -0.05) is 26.3 Å². The van der Waals surface area contributed by atoms with Gasteiger partial charge in [0.05, 0.1) is 0 Å². The predicted octanol–water partition coefficient (Wildman–Crippen LogP) is 4.55. The van der Waals surface area contributed by atoms with Gasteiger partial charge < -0.3 is 9.80 Å². The normalized spacial score (nSPS) is 18.4. The Hall–Kier alpha value is -1.09. The van der Waals surface area contributed by atoms with Gasteiger partial charge in [0.2, 0.25) is 0 Å². The Morgan fingerprint density at radius 2 is 1.43 bits per heavy atom. The fraction of sp³-hybridized carbons (Fsp3) is 0.667. The number of halogens is 1. The van der Waals surface area contributed by atoms with Gasteiger partial charge in [-0.25, -0.2) is 4.39 Å². The number of anilines is 1. The molecule has 0 spiro atoms. The molecule has 3 heteroatoms. The van der Waals surface area contributed by atoms with Gasteiger partial charge in [-0.3, -0.25) is 0 Å². The van der Waals surface area contributed by atoms with Gasteiger partial charge in [-0.15, -0.1) is 0 Å². The molecule has 1 aromatic carbocycles. The fourth-order valence-electron chi connectivity index (χ4n) is 2.70. The number of benzene rings is 1. The quantitative estimate of drug-likeness (QED) is 0.749. The minimum Gasteiger partial charge on any atom is -0.371 e. The van der Waals surface area contributed by atoms with Crippen molar-refractivity contribution in [1.82, 2.24) is 4.90 Å². The molecule has 2 aliphatic heterocycles. The van der Waals surface area contributed by atoms with Crippen molar-refractivity contribution in [3.05, 3.63) is 30.1 Å². The molecule has 0 aromatic heterocycles. The zero-order valence-corrected chi connectivity index (χ0v) is 13.9. The van der Waals surface area contributed by atoms with Crippen LogP contribution in [0.3, 0.4) is 0 Å². The molecule has 2 nitrogen and oxygen atoms in total. The number of piperidine rings is 1. The number of hydrogen-bond acceptors (Lipinski definition) is 2. The third kappa shape index (κ3) is 6.94. The van der Waals surface area contributed by atoms with Crippen LogP contribution in [-0.4, -0.2) is 38.1 Å². The second kappa shape index (κ2) is 10.6. The lowest BCUT2D eigenvalue weighted by molar-refractivity contribution is 0.277. The van der Waals surface area contributed by atoms with Crippen LogP contribution in [-0.2, 0) is 0 Å². The summed E-state index contributed by atoms with van der Waals surface area (Å²) in [5.41, 5.74) is 1.02. The van der Waals surface area contributed by atoms with Gasteiger partial charge in [0.25, 0.3) is 0 Å². The molecule has 1 aromatic rings. The van der Waals surface area contributed by atoms with Crippen LogP contribution in [0.4, 0.5) is 10.1 Å². The van der Waals surface area contributed by atoms with Crippen molar-refractivity contribution in [2.24, 2.45) is 0 Å². The maximum absolute atomic E-state index is 12.8. The number of nitrogens with zero attached hydrogens (tertiary/aromatic N) is 2. The van der Waals surface area contributed by atoms with E-state index in [1.165, 1.54) is 51.3 Å². The Kier molecular flexibility index (Phi) is 9.07. The van der Waals surface area contributed by atoms with E-state index in [2.05, 4.69) is 16.8 Å². The van der Waals surface area contributed by atoms with Gasteiger partial charge >= 0.3 is 0 Å². The van der Waals surface area contributed by atoms with E-state index >= 15 is 0 Å². The number of rotatable bonds is 1. The van der Waals surface area contributed by atoms with Gasteiger partial charge in [0.1, 0.15) is 5.82 Å². The third-order valence-corrected chi connectivity index (χ3v) is 3.86. The van der Waals surface area contributed by atoms with Crippen molar-refractivity contribution in [3.8, 4) is 0 Å². The summed E-state index contributed by atoms with van der Waals surface area (Å²) in [4.78, 5) is 4.62. The van der Waals surface area contributed by atoms with Gasteiger partial charge in [-0.05, 0) is 64.0 Å². The Morgan fingerprint density at radius 1 is 0.857 bits per heavy atom. The molecule has 0 amide bonds. The monoisotopic (exact) mass is 294 g/mol. The second-order valence-electron chi connectivity index (χ2n) is 5.54. The van der Waals surface area contributed by atoms with Crippen LogP contribution in [0.15, 0.2) is 24.3 Å². The smallest absolute Gasteiger partial charge is 0.125 e. The minimum absolute atomic E-state index is 0.139. The Balaban J connectivity index is 0.000000210. The zero-order chi connectivity index (χ0) is 15.5. The topological polar surface area (TPSA) is 6.48 Å². The van der Waals surface area contributed by atoms with Crippen LogP contribution in [0.2, 0.25) is 0 Å². The second-order valence-corrected chi connectivity index (χ2v) is 5.54. The Labute approximate surface area is 129 Å². The molecule has 2 fully saturated rings. The van der Waals surface area contributed by atoms with Crippen LogP contribution >= 0.6 is 0 Å². The van der Waals surface area contributed by atoms with Gasteiger partial charge in [-0.2, -0.15) is 0 Å². The molecule has 0 unspecified atom stereocenters. The summed E-state index contributed by atoms with van der Waals surface area (Å²) in [6.45, 7) is 8.78. The first-order valence-electron chi connectivity index (χ1n) is 8.45. The van der Waals surface area contributed by atoms with Crippen molar-refractivity contribution in [2.45, 2.75) is 46.0 Å². The Bertz CT molecular complexity index is 369. The van der Waals surface area contributed by atoms with E-state index in [-0.39, 0.29) is 5.82 Å². The highest BCUT2D eigenvalue weighted by Crippen LogP contribution is 2.20. The van der Waals surface area contributed by atoms with Crippen molar-refractivity contribution >= 4 is 5.69 Å². The van der Waals surface area contributed by atoms with Crippen LogP contribution in [0.25, 0.3) is 0 Å². The summed E-state index contributed by atoms with van der Waals surface area (Å²) in [5.74, 6) is -0.139. The van der Waals surface area contributed by atoms with E-state index in [1.807, 2.05) is 19.9 Å². The van der Waals surface area contributed by atoms with Crippen molar-refractivity contribution in [3.63, 3.8) is 0 Å². The zero-order valence-electron chi connectivity index (χ0n) is 13.9. The molecule has 0 N–H and O–H groups in total. The van der Waals surface area contributed by atoms with Crippen LogP contribution in [0, 0.1) is 5.82 Å². The van der Waals surface area contributed by atoms with E-state index in [0.717, 1.165) is 18.8 Å². The van der Waals surface area contributed by atoms with E-state index in [9.17, 15) is 4.39 Å². The minimum atomic E-state index is -0.139. The van der Waals surface area contributed by atoms with E-state index in [1.54, 1.807) is 12.1 Å². The lowest BCUT2D eigenvalue weighted by atomic mass is 10.1. The van der Waals surface area contributed by atoms with Crippen molar-refractivity contribution < 1.29 is 4.39 Å². The summed E-state index contributed by atoms with van der Waals surface area (Å²) in [5, 5.41) is 0. The summed E-state index contributed by atoms with van der Waals surface area (Å²) < 4.78 is 12.8. The summed E-state index contributed by atoms with van der Waals surface area (Å²) in [6.07, 6.45) is 6.74. The molecule has 21 heavy (non-hydrogen) atoms. The van der Waals surface area contributed by atoms with Crippen LogP contribution in [0.1, 0.15) is 46.0 Å². The highest BCUT2D eigenvalue weighted by atomic mass is 19.1. The molecular weight excluding hydrogens is 263 g/mol. The number of likely N-dealkylation sites (tertiary alicyclic amines) is 1. The molecule has 0 radical (unpaired) electrons. The largest absolute Gasteiger partial charge is 0.371 e. The number of hydrogen-bond donors (Lipinski definition) is 0. The summed E-state index contributed by atoms with van der Waals surface area (Å²) in [6, 6.07) is 6.82. The lowest BCUT2D eigenvalue weighted by Crippen LogP contribution is -2.24. The molecule has 0 saturated carbocycles. The molecule has 120 valence electrons. The highest BCUT2D eigenvalue weighted by Gasteiger charge is 2.11. The van der Waals surface area contributed by atoms with E-state index in [0.29, 0.717) is 0 Å². The fourth-order valence-corrected chi connectivity index (χ4v) is 2.70. The average molecular weight is 294 g/mol. The molecule has 0 atom stereocenters.